The number of nitrogens with zero attached hydrogens (tertiary/aromatic N) is 2. The zero-order valence-electron chi connectivity index (χ0n) is 18.1. The van der Waals surface area contributed by atoms with E-state index < -0.39 is 0 Å². The van der Waals surface area contributed by atoms with Gasteiger partial charge in [0.2, 0.25) is 5.91 Å². The standard InChI is InChI=1S/C24H31N3O3/c1-26-12-14-27(15-13-26)18-21-6-4-20(5-7-21)17-25-24(28)11-9-19-8-10-22(29-2)23(16-19)30-3/h4-11,16H,12-15,17-18H2,1-3H3,(H,25,28)/b11-9+. The molecule has 1 amide bonds. The Balaban J connectivity index is 1.47. The molecule has 0 unspecified atom stereocenters. The Kier molecular flexibility index (Phi) is 7.88. The van der Waals surface area contributed by atoms with E-state index in [1.54, 1.807) is 20.3 Å². The normalized spacial score (nSPS) is 15.3. The Morgan fingerprint density at radius 2 is 1.63 bits per heavy atom. The molecule has 0 spiro atoms. The van der Waals surface area contributed by atoms with Crippen molar-refractivity contribution in [2.45, 2.75) is 13.1 Å². The lowest BCUT2D eigenvalue weighted by atomic mass is 10.1. The Bertz CT molecular complexity index is 856. The van der Waals surface area contributed by atoms with Crippen molar-refractivity contribution in [1.29, 1.82) is 0 Å². The summed E-state index contributed by atoms with van der Waals surface area (Å²) in [6.45, 7) is 5.96. The summed E-state index contributed by atoms with van der Waals surface area (Å²) < 4.78 is 10.5. The van der Waals surface area contributed by atoms with E-state index in [0.717, 1.165) is 43.9 Å². The van der Waals surface area contributed by atoms with Crippen LogP contribution in [0.2, 0.25) is 0 Å². The van der Waals surface area contributed by atoms with E-state index in [1.165, 1.54) is 11.6 Å². The molecule has 3 rings (SSSR count). The van der Waals surface area contributed by atoms with Crippen LogP contribution in [0.1, 0.15) is 16.7 Å². The van der Waals surface area contributed by atoms with Crippen molar-refractivity contribution < 1.29 is 14.3 Å². The van der Waals surface area contributed by atoms with Gasteiger partial charge in [0.15, 0.2) is 11.5 Å². The van der Waals surface area contributed by atoms with Crippen LogP contribution in [0, 0.1) is 0 Å². The van der Waals surface area contributed by atoms with Gasteiger partial charge in [-0.15, -0.1) is 0 Å². The molecule has 2 aromatic rings. The van der Waals surface area contributed by atoms with Crippen molar-refractivity contribution in [3.63, 3.8) is 0 Å². The van der Waals surface area contributed by atoms with E-state index in [9.17, 15) is 4.79 Å². The fourth-order valence-corrected chi connectivity index (χ4v) is 3.40. The van der Waals surface area contributed by atoms with E-state index >= 15 is 0 Å². The van der Waals surface area contributed by atoms with Crippen LogP contribution in [0.15, 0.2) is 48.5 Å². The van der Waals surface area contributed by atoms with E-state index in [0.29, 0.717) is 18.0 Å². The van der Waals surface area contributed by atoms with Crippen molar-refractivity contribution in [2.24, 2.45) is 0 Å². The van der Waals surface area contributed by atoms with Crippen molar-refractivity contribution >= 4 is 12.0 Å². The lowest BCUT2D eigenvalue weighted by molar-refractivity contribution is -0.116. The molecule has 1 heterocycles. The van der Waals surface area contributed by atoms with Gasteiger partial charge in [-0.3, -0.25) is 9.69 Å². The zero-order chi connectivity index (χ0) is 21.3. The van der Waals surface area contributed by atoms with E-state index in [4.69, 9.17) is 9.47 Å². The second-order valence-electron chi connectivity index (χ2n) is 7.56. The number of rotatable bonds is 8. The first-order valence-corrected chi connectivity index (χ1v) is 10.2. The predicted octanol–water partition coefficient (Wildman–Crippen LogP) is 2.78. The third-order valence-electron chi connectivity index (χ3n) is 5.33. The first kappa shape index (κ1) is 21.9. The highest BCUT2D eigenvalue weighted by molar-refractivity contribution is 5.91. The summed E-state index contributed by atoms with van der Waals surface area (Å²) in [5.74, 6) is 1.16. The van der Waals surface area contributed by atoms with Gasteiger partial charge >= 0.3 is 0 Å². The number of likely N-dealkylation sites (N-methyl/N-ethyl adjacent to an activating group) is 1. The largest absolute Gasteiger partial charge is 0.493 e. The quantitative estimate of drug-likeness (QED) is 0.680. The maximum Gasteiger partial charge on any atom is 0.244 e. The molecule has 30 heavy (non-hydrogen) atoms. The van der Waals surface area contributed by atoms with Gasteiger partial charge in [-0.2, -0.15) is 0 Å². The SMILES string of the molecule is COc1ccc(/C=C/C(=O)NCc2ccc(CN3CCN(C)CC3)cc2)cc1OC. The predicted molar refractivity (Wildman–Crippen MR) is 120 cm³/mol. The highest BCUT2D eigenvalue weighted by atomic mass is 16.5. The fraction of sp³-hybridized carbons (Fsp3) is 0.375. The maximum atomic E-state index is 12.2. The molecule has 0 atom stereocenters. The molecule has 0 saturated carbocycles. The number of hydrogen-bond donors (Lipinski definition) is 1. The lowest BCUT2D eigenvalue weighted by Crippen LogP contribution is -2.43. The summed E-state index contributed by atoms with van der Waals surface area (Å²) in [5, 5.41) is 2.93. The van der Waals surface area contributed by atoms with Gasteiger partial charge in [0, 0.05) is 45.3 Å². The van der Waals surface area contributed by atoms with E-state index in [-0.39, 0.29) is 5.91 Å². The van der Waals surface area contributed by atoms with Gasteiger partial charge in [0.05, 0.1) is 14.2 Å². The first-order chi connectivity index (χ1) is 14.6. The summed E-state index contributed by atoms with van der Waals surface area (Å²) in [5.41, 5.74) is 3.27. The highest BCUT2D eigenvalue weighted by Gasteiger charge is 2.13. The summed E-state index contributed by atoms with van der Waals surface area (Å²) in [4.78, 5) is 17.0. The Labute approximate surface area is 179 Å². The molecule has 160 valence electrons. The molecule has 1 aliphatic heterocycles. The van der Waals surface area contributed by atoms with Crippen LogP contribution in [-0.2, 0) is 17.9 Å². The minimum absolute atomic E-state index is 0.133. The average molecular weight is 410 g/mol. The zero-order valence-corrected chi connectivity index (χ0v) is 18.1. The molecule has 1 saturated heterocycles. The number of hydrogen-bond acceptors (Lipinski definition) is 5. The second-order valence-corrected chi connectivity index (χ2v) is 7.56. The smallest absolute Gasteiger partial charge is 0.244 e. The van der Waals surface area contributed by atoms with Crippen molar-refractivity contribution in [1.82, 2.24) is 15.1 Å². The third-order valence-corrected chi connectivity index (χ3v) is 5.33. The highest BCUT2D eigenvalue weighted by Crippen LogP contribution is 2.27. The van der Waals surface area contributed by atoms with E-state index in [2.05, 4.69) is 46.4 Å². The molecule has 6 heteroatoms. The van der Waals surface area contributed by atoms with Crippen molar-refractivity contribution in [3.8, 4) is 11.5 Å². The minimum atomic E-state index is -0.133. The molecule has 0 bridgehead atoms. The molecule has 0 aliphatic carbocycles. The van der Waals surface area contributed by atoms with Gasteiger partial charge in [-0.25, -0.2) is 0 Å². The Hall–Kier alpha value is -2.83. The summed E-state index contributed by atoms with van der Waals surface area (Å²) in [6, 6.07) is 14.0. The molecule has 1 N–H and O–H groups in total. The average Bonchev–Trinajstić information content (AvgIpc) is 2.78. The van der Waals surface area contributed by atoms with Crippen LogP contribution in [0.5, 0.6) is 11.5 Å². The molecule has 2 aromatic carbocycles. The molecular formula is C24H31N3O3. The Morgan fingerprint density at radius 3 is 2.30 bits per heavy atom. The van der Waals surface area contributed by atoms with Crippen LogP contribution >= 0.6 is 0 Å². The third kappa shape index (κ3) is 6.34. The van der Waals surface area contributed by atoms with Gasteiger partial charge in [-0.05, 0) is 41.9 Å². The summed E-state index contributed by atoms with van der Waals surface area (Å²) >= 11 is 0. The number of benzene rings is 2. The van der Waals surface area contributed by atoms with Gasteiger partial charge in [0.25, 0.3) is 0 Å². The molecule has 1 aliphatic rings. The monoisotopic (exact) mass is 409 g/mol. The first-order valence-electron chi connectivity index (χ1n) is 10.2. The number of amides is 1. The number of ether oxygens (including phenoxy) is 2. The summed E-state index contributed by atoms with van der Waals surface area (Å²) in [6.07, 6.45) is 3.29. The number of methoxy groups -OCH3 is 2. The van der Waals surface area contributed by atoms with Crippen LogP contribution in [0.3, 0.4) is 0 Å². The van der Waals surface area contributed by atoms with E-state index in [1.807, 2.05) is 18.2 Å². The minimum Gasteiger partial charge on any atom is -0.493 e. The lowest BCUT2D eigenvalue weighted by Gasteiger charge is -2.32. The molecule has 0 radical (unpaired) electrons. The molecule has 1 fully saturated rings. The molecular weight excluding hydrogens is 378 g/mol. The number of carbonyl (C=O) groups is 1. The topological polar surface area (TPSA) is 54.0 Å². The number of carbonyl (C=O) groups excluding carboxylic acids is 1. The number of piperazine rings is 1. The van der Waals surface area contributed by atoms with Crippen molar-refractivity contribution in [2.75, 3.05) is 47.4 Å². The fourth-order valence-electron chi connectivity index (χ4n) is 3.40. The van der Waals surface area contributed by atoms with Gasteiger partial charge in [-0.1, -0.05) is 30.3 Å². The molecule has 0 aromatic heterocycles. The maximum absolute atomic E-state index is 12.2. The second kappa shape index (κ2) is 10.8. The van der Waals surface area contributed by atoms with Gasteiger partial charge in [0.1, 0.15) is 0 Å². The summed E-state index contributed by atoms with van der Waals surface area (Å²) in [7, 11) is 5.36. The molecule has 6 nitrogen and oxygen atoms in total. The van der Waals surface area contributed by atoms with Crippen LogP contribution in [-0.4, -0.2) is 63.2 Å². The van der Waals surface area contributed by atoms with Crippen LogP contribution in [0.4, 0.5) is 0 Å². The van der Waals surface area contributed by atoms with Gasteiger partial charge < -0.3 is 19.7 Å². The van der Waals surface area contributed by atoms with Crippen LogP contribution in [0.25, 0.3) is 6.08 Å². The Morgan fingerprint density at radius 1 is 0.967 bits per heavy atom. The van der Waals surface area contributed by atoms with Crippen LogP contribution < -0.4 is 14.8 Å². The number of nitrogens with one attached hydrogen (secondary N) is 1. The van der Waals surface area contributed by atoms with Crippen molar-refractivity contribution in [3.05, 3.63) is 65.2 Å².